The minimum Gasteiger partial charge on any atom is -0.354 e. The van der Waals surface area contributed by atoms with Crippen molar-refractivity contribution >= 4 is 17.6 Å². The Morgan fingerprint density at radius 2 is 2.13 bits per heavy atom. The van der Waals surface area contributed by atoms with Gasteiger partial charge in [0.1, 0.15) is 11.4 Å². The molecule has 126 valence electrons. The summed E-state index contributed by atoms with van der Waals surface area (Å²) in [6, 6.07) is 0. The van der Waals surface area contributed by atoms with Crippen molar-refractivity contribution in [2.24, 2.45) is 4.99 Å². The predicted molar refractivity (Wildman–Crippen MR) is 91.0 cm³/mol. The molecule has 1 atom stereocenters. The van der Waals surface area contributed by atoms with Gasteiger partial charge in [0.2, 0.25) is 5.91 Å². The number of nitrogens with one attached hydrogen (secondary N) is 1. The quantitative estimate of drug-likeness (QED) is 0.719. The highest BCUT2D eigenvalue weighted by Gasteiger charge is 2.44. The average Bonchev–Trinajstić information content (AvgIpc) is 2.54. The van der Waals surface area contributed by atoms with Gasteiger partial charge in [0.15, 0.2) is 0 Å². The second kappa shape index (κ2) is 7.55. The van der Waals surface area contributed by atoms with Crippen LogP contribution in [0, 0.1) is 0 Å². The maximum absolute atomic E-state index is 12.7. The molecule has 0 aromatic rings. The Labute approximate surface area is 137 Å². The van der Waals surface area contributed by atoms with Gasteiger partial charge in [0, 0.05) is 12.7 Å². The van der Waals surface area contributed by atoms with Crippen LogP contribution in [0.1, 0.15) is 33.6 Å². The van der Waals surface area contributed by atoms with Crippen LogP contribution in [0.4, 0.5) is 0 Å². The van der Waals surface area contributed by atoms with Gasteiger partial charge in [-0.25, -0.2) is 0 Å². The van der Waals surface area contributed by atoms with E-state index < -0.39 is 5.54 Å². The number of fused-ring (bicyclic) bond motifs is 1. The molecule has 2 rings (SSSR count). The number of nitrogens with zero attached hydrogens (tertiary/aromatic N) is 3. The Morgan fingerprint density at radius 1 is 1.39 bits per heavy atom. The summed E-state index contributed by atoms with van der Waals surface area (Å²) in [7, 11) is 0. The molecular weight excluding hydrogens is 292 g/mol. The van der Waals surface area contributed by atoms with Gasteiger partial charge in [-0.2, -0.15) is 4.99 Å². The van der Waals surface area contributed by atoms with Gasteiger partial charge < -0.3 is 15.1 Å². The van der Waals surface area contributed by atoms with Crippen molar-refractivity contribution in [3.05, 3.63) is 24.4 Å². The predicted octanol–water partition coefficient (Wildman–Crippen LogP) is 1.31. The SMILES string of the molecule is CCN(CC)CCCNC(=O)C1(C)CC(=O)N=C2C=CC=CN21. The van der Waals surface area contributed by atoms with Crippen LogP contribution >= 0.6 is 0 Å². The third-order valence-corrected chi connectivity index (χ3v) is 4.43. The molecule has 2 aliphatic heterocycles. The molecule has 0 aromatic heterocycles. The number of aliphatic imine (C=N–C) groups is 1. The zero-order valence-electron chi connectivity index (χ0n) is 14.2. The molecule has 0 saturated carbocycles. The van der Waals surface area contributed by atoms with E-state index in [1.54, 1.807) is 24.1 Å². The maximum atomic E-state index is 12.7. The molecule has 1 N–H and O–H groups in total. The molecule has 0 fully saturated rings. The van der Waals surface area contributed by atoms with Crippen LogP contribution in [0.25, 0.3) is 0 Å². The largest absolute Gasteiger partial charge is 0.354 e. The zero-order valence-corrected chi connectivity index (χ0v) is 14.2. The third kappa shape index (κ3) is 3.88. The minimum absolute atomic E-state index is 0.0938. The standard InChI is InChI=1S/C17H26N4O2/c1-4-20(5-2)11-8-10-18-16(23)17(3)13-15(22)19-14-9-6-7-12-21(14)17/h6-7,9,12H,4-5,8,10-11,13H2,1-3H3,(H,18,23). The normalized spacial score (nSPS) is 23.0. The van der Waals surface area contributed by atoms with E-state index in [-0.39, 0.29) is 18.2 Å². The van der Waals surface area contributed by atoms with Crippen molar-refractivity contribution in [3.8, 4) is 0 Å². The summed E-state index contributed by atoms with van der Waals surface area (Å²) in [6.07, 6.45) is 8.21. The lowest BCUT2D eigenvalue weighted by Crippen LogP contribution is -2.60. The Hall–Kier alpha value is -1.95. The second-order valence-corrected chi connectivity index (χ2v) is 6.02. The summed E-state index contributed by atoms with van der Waals surface area (Å²) in [6.45, 7) is 9.66. The molecule has 2 amide bonds. The fourth-order valence-electron chi connectivity index (χ4n) is 2.91. The monoisotopic (exact) mass is 318 g/mol. The van der Waals surface area contributed by atoms with E-state index in [0.717, 1.165) is 26.1 Å². The molecule has 0 radical (unpaired) electrons. The van der Waals surface area contributed by atoms with E-state index in [9.17, 15) is 9.59 Å². The van der Waals surface area contributed by atoms with Crippen molar-refractivity contribution in [2.75, 3.05) is 26.2 Å². The fraction of sp³-hybridized carbons (Fsp3) is 0.588. The molecule has 0 bridgehead atoms. The highest BCUT2D eigenvalue weighted by Crippen LogP contribution is 2.27. The van der Waals surface area contributed by atoms with Gasteiger partial charge in [0.05, 0.1) is 6.42 Å². The first-order valence-corrected chi connectivity index (χ1v) is 8.27. The van der Waals surface area contributed by atoms with Crippen LogP contribution < -0.4 is 5.32 Å². The van der Waals surface area contributed by atoms with Crippen LogP contribution in [0.5, 0.6) is 0 Å². The van der Waals surface area contributed by atoms with E-state index in [4.69, 9.17) is 0 Å². The first-order chi connectivity index (χ1) is 11.0. The first-order valence-electron chi connectivity index (χ1n) is 8.27. The van der Waals surface area contributed by atoms with Crippen molar-refractivity contribution in [1.82, 2.24) is 15.1 Å². The number of allylic oxidation sites excluding steroid dienone is 2. The molecule has 2 heterocycles. The van der Waals surface area contributed by atoms with Crippen LogP contribution in [0.2, 0.25) is 0 Å². The number of hydrogen-bond donors (Lipinski definition) is 1. The topological polar surface area (TPSA) is 65.0 Å². The molecule has 6 nitrogen and oxygen atoms in total. The molecule has 23 heavy (non-hydrogen) atoms. The van der Waals surface area contributed by atoms with Gasteiger partial charge in [0.25, 0.3) is 5.91 Å². The van der Waals surface area contributed by atoms with Crippen molar-refractivity contribution in [3.63, 3.8) is 0 Å². The van der Waals surface area contributed by atoms with Crippen LogP contribution in [0.15, 0.2) is 29.4 Å². The molecular formula is C17H26N4O2. The molecule has 1 unspecified atom stereocenters. The number of carbonyl (C=O) groups is 2. The molecule has 0 aliphatic carbocycles. The maximum Gasteiger partial charge on any atom is 0.250 e. The summed E-state index contributed by atoms with van der Waals surface area (Å²) in [4.78, 5) is 32.7. The van der Waals surface area contributed by atoms with Gasteiger partial charge in [-0.05, 0) is 45.1 Å². The number of amidine groups is 1. The van der Waals surface area contributed by atoms with Gasteiger partial charge in [-0.15, -0.1) is 0 Å². The van der Waals surface area contributed by atoms with E-state index >= 15 is 0 Å². The van der Waals surface area contributed by atoms with Gasteiger partial charge in [-0.1, -0.05) is 19.9 Å². The lowest BCUT2D eigenvalue weighted by molar-refractivity contribution is -0.134. The van der Waals surface area contributed by atoms with E-state index in [1.165, 1.54) is 0 Å². The molecule has 2 aliphatic rings. The highest BCUT2D eigenvalue weighted by atomic mass is 16.2. The lowest BCUT2D eigenvalue weighted by Gasteiger charge is -2.41. The zero-order chi connectivity index (χ0) is 16.9. The van der Waals surface area contributed by atoms with Gasteiger partial charge >= 0.3 is 0 Å². The Kier molecular flexibility index (Phi) is 5.71. The summed E-state index contributed by atoms with van der Waals surface area (Å²) >= 11 is 0. The summed E-state index contributed by atoms with van der Waals surface area (Å²) in [5, 5.41) is 2.98. The lowest BCUT2D eigenvalue weighted by atomic mass is 9.91. The molecule has 0 spiro atoms. The minimum atomic E-state index is -0.912. The number of hydrogen-bond acceptors (Lipinski definition) is 4. The number of carbonyl (C=O) groups excluding carboxylic acids is 2. The molecule has 0 aromatic carbocycles. The van der Waals surface area contributed by atoms with E-state index in [0.29, 0.717) is 12.4 Å². The van der Waals surface area contributed by atoms with Crippen molar-refractivity contribution in [2.45, 2.75) is 39.2 Å². The second-order valence-electron chi connectivity index (χ2n) is 6.02. The molecule has 6 heteroatoms. The van der Waals surface area contributed by atoms with Gasteiger partial charge in [-0.3, -0.25) is 9.59 Å². The third-order valence-electron chi connectivity index (χ3n) is 4.43. The molecule has 0 saturated heterocycles. The Morgan fingerprint density at radius 3 is 2.83 bits per heavy atom. The average molecular weight is 318 g/mol. The van der Waals surface area contributed by atoms with Crippen LogP contribution in [-0.4, -0.2) is 59.2 Å². The van der Waals surface area contributed by atoms with Crippen LogP contribution in [0.3, 0.4) is 0 Å². The smallest absolute Gasteiger partial charge is 0.250 e. The van der Waals surface area contributed by atoms with E-state index in [1.807, 2.05) is 12.2 Å². The van der Waals surface area contributed by atoms with Crippen molar-refractivity contribution < 1.29 is 9.59 Å². The number of amides is 2. The fourth-order valence-corrected chi connectivity index (χ4v) is 2.91. The first kappa shape index (κ1) is 17.4. The summed E-state index contributed by atoms with van der Waals surface area (Å²) < 4.78 is 0. The van der Waals surface area contributed by atoms with Crippen molar-refractivity contribution in [1.29, 1.82) is 0 Å². The Balaban J connectivity index is 1.95. The van der Waals surface area contributed by atoms with Crippen LogP contribution in [-0.2, 0) is 9.59 Å². The number of rotatable bonds is 7. The Bertz CT molecular complexity index is 549. The van der Waals surface area contributed by atoms with E-state index in [2.05, 4.69) is 29.1 Å². The summed E-state index contributed by atoms with van der Waals surface area (Å²) in [5.41, 5.74) is -0.912. The summed E-state index contributed by atoms with van der Waals surface area (Å²) in [5.74, 6) is 0.152. The highest BCUT2D eigenvalue weighted by molar-refractivity contribution is 6.09.